The summed E-state index contributed by atoms with van der Waals surface area (Å²) >= 11 is 3.82. The fourth-order valence-electron chi connectivity index (χ4n) is 0.368. The van der Waals surface area contributed by atoms with E-state index in [0.717, 1.165) is 5.13 Å². The van der Waals surface area contributed by atoms with E-state index in [1.165, 1.54) is 0 Å². The molecule has 2 nitrogen and oxygen atoms in total. The van der Waals surface area contributed by atoms with Crippen LogP contribution in [0.5, 0.6) is 0 Å². The predicted octanol–water partition coefficient (Wildman–Crippen LogP) is 1.93. The maximum atomic E-state index is 4.05. The standard InChI is InChI=1S/C4H5IN2S/c1-7(5)4-6-2-3-8-4/h2-3H,1H3. The maximum Gasteiger partial charge on any atom is 0.193 e. The third kappa shape index (κ3) is 1.32. The Hall–Kier alpha value is 0.160. The molecule has 0 spiro atoms. The van der Waals surface area contributed by atoms with E-state index in [0.29, 0.717) is 0 Å². The van der Waals surface area contributed by atoms with Gasteiger partial charge in [0.25, 0.3) is 0 Å². The van der Waals surface area contributed by atoms with E-state index in [1.54, 1.807) is 17.5 Å². The van der Waals surface area contributed by atoms with Gasteiger partial charge in [-0.1, -0.05) is 0 Å². The average molecular weight is 240 g/mol. The van der Waals surface area contributed by atoms with Gasteiger partial charge in [0.1, 0.15) is 0 Å². The molecule has 8 heavy (non-hydrogen) atoms. The Balaban J connectivity index is 2.77. The van der Waals surface area contributed by atoms with Gasteiger partial charge in [-0.25, -0.2) is 4.98 Å². The minimum absolute atomic E-state index is 1.05. The minimum atomic E-state index is 1.05. The lowest BCUT2D eigenvalue weighted by molar-refractivity contribution is 1.31. The highest BCUT2D eigenvalue weighted by molar-refractivity contribution is 14.1. The van der Waals surface area contributed by atoms with Crippen molar-refractivity contribution in [2.24, 2.45) is 0 Å². The molecule has 1 aromatic rings. The van der Waals surface area contributed by atoms with Crippen molar-refractivity contribution in [3.05, 3.63) is 11.6 Å². The molecular weight excluding hydrogens is 235 g/mol. The number of thiazole rings is 1. The smallest absolute Gasteiger partial charge is 0.193 e. The first-order valence-corrected chi connectivity index (χ1v) is 3.94. The van der Waals surface area contributed by atoms with Gasteiger partial charge in [0.2, 0.25) is 0 Å². The van der Waals surface area contributed by atoms with Crippen molar-refractivity contribution in [3.63, 3.8) is 0 Å². The number of rotatable bonds is 1. The summed E-state index contributed by atoms with van der Waals surface area (Å²) in [5.74, 6) is 0. The fourth-order valence-corrected chi connectivity index (χ4v) is 1.34. The van der Waals surface area contributed by atoms with Crippen molar-refractivity contribution in [1.29, 1.82) is 0 Å². The number of hydrogen-bond acceptors (Lipinski definition) is 3. The molecule has 4 heteroatoms. The zero-order valence-corrected chi connectivity index (χ0v) is 7.31. The Morgan fingerprint density at radius 2 is 2.62 bits per heavy atom. The molecule has 1 aromatic heterocycles. The molecule has 0 fully saturated rings. The van der Waals surface area contributed by atoms with Crippen LogP contribution in [0.25, 0.3) is 0 Å². The van der Waals surface area contributed by atoms with Crippen LogP contribution in [-0.4, -0.2) is 12.0 Å². The summed E-state index contributed by atoms with van der Waals surface area (Å²) in [6.07, 6.45) is 1.80. The number of anilines is 1. The third-order valence-corrected chi connectivity index (χ3v) is 2.32. The second-order valence-corrected chi connectivity index (χ2v) is 3.61. The first-order chi connectivity index (χ1) is 3.80. The van der Waals surface area contributed by atoms with E-state index >= 15 is 0 Å². The Bertz CT molecular complexity index is 149. The van der Waals surface area contributed by atoms with Crippen LogP contribution in [0, 0.1) is 0 Å². The Morgan fingerprint density at radius 1 is 1.88 bits per heavy atom. The molecule has 0 amide bonds. The van der Waals surface area contributed by atoms with E-state index in [4.69, 9.17) is 0 Å². The van der Waals surface area contributed by atoms with Crippen molar-refractivity contribution in [2.75, 3.05) is 10.2 Å². The van der Waals surface area contributed by atoms with Gasteiger partial charge in [0.05, 0.1) is 22.9 Å². The van der Waals surface area contributed by atoms with Gasteiger partial charge >= 0.3 is 0 Å². The monoisotopic (exact) mass is 240 g/mol. The number of hydrogen-bond donors (Lipinski definition) is 0. The van der Waals surface area contributed by atoms with Crippen LogP contribution < -0.4 is 3.11 Å². The van der Waals surface area contributed by atoms with Crippen LogP contribution in [0.1, 0.15) is 0 Å². The lowest BCUT2D eigenvalue weighted by Gasteiger charge is -2.00. The van der Waals surface area contributed by atoms with Crippen molar-refractivity contribution in [3.8, 4) is 0 Å². The Morgan fingerprint density at radius 3 is 2.88 bits per heavy atom. The average Bonchev–Trinajstić information content (AvgIpc) is 2.12. The first-order valence-electron chi connectivity index (χ1n) is 2.09. The quantitative estimate of drug-likeness (QED) is 0.550. The molecule has 0 aliphatic heterocycles. The minimum Gasteiger partial charge on any atom is -0.294 e. The summed E-state index contributed by atoms with van der Waals surface area (Å²) in [5.41, 5.74) is 0. The molecular formula is C4H5IN2S. The largest absolute Gasteiger partial charge is 0.294 e. The van der Waals surface area contributed by atoms with Crippen LogP contribution in [-0.2, 0) is 0 Å². The van der Waals surface area contributed by atoms with E-state index in [2.05, 4.69) is 27.8 Å². The molecule has 1 rings (SSSR count). The van der Waals surface area contributed by atoms with Crippen LogP contribution in [0.2, 0.25) is 0 Å². The second-order valence-electron chi connectivity index (χ2n) is 1.29. The summed E-state index contributed by atoms with van der Waals surface area (Å²) in [7, 11) is 1.97. The normalized spacial score (nSPS) is 9.25. The molecule has 44 valence electrons. The van der Waals surface area contributed by atoms with Crippen molar-refractivity contribution in [2.45, 2.75) is 0 Å². The topological polar surface area (TPSA) is 16.1 Å². The molecule has 0 atom stereocenters. The maximum absolute atomic E-state index is 4.05. The Labute approximate surface area is 66.0 Å². The predicted molar refractivity (Wildman–Crippen MR) is 44.5 cm³/mol. The first kappa shape index (κ1) is 6.28. The molecule has 0 unspecified atom stereocenters. The molecule has 1 heterocycles. The molecule has 0 radical (unpaired) electrons. The summed E-state index contributed by atoms with van der Waals surface area (Å²) in [5, 5.41) is 3.01. The van der Waals surface area contributed by atoms with Crippen LogP contribution in [0.3, 0.4) is 0 Å². The molecule has 0 aliphatic rings. The molecule has 0 N–H and O–H groups in total. The van der Waals surface area contributed by atoms with Crippen LogP contribution in [0.4, 0.5) is 5.13 Å². The van der Waals surface area contributed by atoms with Gasteiger partial charge in [-0.15, -0.1) is 11.3 Å². The third-order valence-electron chi connectivity index (χ3n) is 0.683. The van der Waals surface area contributed by atoms with Gasteiger partial charge < -0.3 is 0 Å². The zero-order valence-electron chi connectivity index (χ0n) is 4.34. The van der Waals surface area contributed by atoms with Crippen LogP contribution in [0.15, 0.2) is 11.6 Å². The van der Waals surface area contributed by atoms with Crippen molar-refractivity contribution < 1.29 is 0 Å². The van der Waals surface area contributed by atoms with Gasteiger partial charge in [0.15, 0.2) is 5.13 Å². The lowest BCUT2D eigenvalue weighted by atomic mass is 11.0. The van der Waals surface area contributed by atoms with Crippen molar-refractivity contribution >= 4 is 39.3 Å². The van der Waals surface area contributed by atoms with Crippen LogP contribution >= 0.6 is 34.2 Å². The molecule has 0 aliphatic carbocycles. The summed E-state index contributed by atoms with van der Waals surface area (Å²) < 4.78 is 1.96. The van der Waals surface area contributed by atoms with Gasteiger partial charge in [-0.05, 0) is 0 Å². The van der Waals surface area contributed by atoms with E-state index < -0.39 is 0 Å². The number of nitrogens with zero attached hydrogens (tertiary/aromatic N) is 2. The van der Waals surface area contributed by atoms with Gasteiger partial charge in [-0.3, -0.25) is 3.11 Å². The second kappa shape index (κ2) is 2.63. The highest BCUT2D eigenvalue weighted by Crippen LogP contribution is 2.17. The van der Waals surface area contributed by atoms with E-state index in [1.807, 2.05) is 15.5 Å². The number of aromatic nitrogens is 1. The highest BCUT2D eigenvalue weighted by atomic mass is 127. The summed E-state index contributed by atoms with van der Waals surface area (Å²) in [6.45, 7) is 0. The number of halogens is 1. The van der Waals surface area contributed by atoms with E-state index in [9.17, 15) is 0 Å². The Kier molecular flexibility index (Phi) is 2.07. The van der Waals surface area contributed by atoms with Crippen molar-refractivity contribution in [1.82, 2.24) is 4.98 Å². The van der Waals surface area contributed by atoms with E-state index in [-0.39, 0.29) is 0 Å². The molecule has 0 saturated heterocycles. The fraction of sp³-hybridized carbons (Fsp3) is 0.250. The summed E-state index contributed by atoms with van der Waals surface area (Å²) in [6, 6.07) is 0. The van der Waals surface area contributed by atoms with Gasteiger partial charge in [0, 0.05) is 18.6 Å². The SMILES string of the molecule is CN(I)c1nccs1. The summed E-state index contributed by atoms with van der Waals surface area (Å²) in [4.78, 5) is 4.05. The molecule has 0 bridgehead atoms. The highest BCUT2D eigenvalue weighted by Gasteiger charge is 1.94. The zero-order chi connectivity index (χ0) is 5.98. The van der Waals surface area contributed by atoms with Gasteiger partial charge in [-0.2, -0.15) is 0 Å². The molecule has 0 aromatic carbocycles. The molecule has 0 saturated carbocycles. The lowest BCUT2D eigenvalue weighted by Crippen LogP contribution is -1.96.